The van der Waals surface area contributed by atoms with E-state index in [0.717, 1.165) is 6.42 Å². The van der Waals surface area contributed by atoms with Gasteiger partial charge < -0.3 is 25.4 Å². The van der Waals surface area contributed by atoms with Crippen LogP contribution in [0, 0.1) is 0 Å². The van der Waals surface area contributed by atoms with E-state index < -0.39 is 10.9 Å². The lowest BCUT2D eigenvalue weighted by Gasteiger charge is -2.19. The molecule has 1 heterocycles. The number of aromatic hydroxyl groups is 1. The molecule has 1 unspecified atom stereocenters. The van der Waals surface area contributed by atoms with Crippen LogP contribution < -0.4 is 21.5 Å². The minimum Gasteiger partial charge on any atom is -0.505 e. The van der Waals surface area contributed by atoms with Gasteiger partial charge in [0.2, 0.25) is 0 Å². The van der Waals surface area contributed by atoms with Crippen LogP contribution in [0.25, 0.3) is 0 Å². The zero-order chi connectivity index (χ0) is 18.1. The summed E-state index contributed by atoms with van der Waals surface area (Å²) in [4.78, 5) is 37.1. The Hall–Kier alpha value is -2.87. The molecule has 25 heavy (non-hydrogen) atoms. The number of hydrogen-bond acceptors (Lipinski definition) is 7. The van der Waals surface area contributed by atoms with Crippen LogP contribution in [0.4, 0.5) is 17.1 Å². The van der Waals surface area contributed by atoms with Gasteiger partial charge in [-0.05, 0) is 18.6 Å². The molecule has 2 aromatic carbocycles. The third-order valence-corrected chi connectivity index (χ3v) is 4.12. The first-order valence-corrected chi connectivity index (χ1v) is 7.88. The van der Waals surface area contributed by atoms with Crippen molar-refractivity contribution in [1.82, 2.24) is 4.90 Å². The summed E-state index contributed by atoms with van der Waals surface area (Å²) in [5, 5.41) is 16.1. The highest BCUT2D eigenvalue weighted by molar-refractivity contribution is 5.99. The number of nitrogens with one attached hydrogen (secondary N) is 2. The molecule has 1 saturated heterocycles. The van der Waals surface area contributed by atoms with Gasteiger partial charge in [-0.15, -0.1) is 0 Å². The van der Waals surface area contributed by atoms with Crippen molar-refractivity contribution in [3.05, 3.63) is 44.2 Å². The Kier molecular flexibility index (Phi) is 4.45. The molecule has 3 N–H and O–H groups in total. The summed E-state index contributed by atoms with van der Waals surface area (Å²) in [5.74, 6) is -0.642. The van der Waals surface area contributed by atoms with Crippen molar-refractivity contribution in [2.75, 3.05) is 37.9 Å². The van der Waals surface area contributed by atoms with Gasteiger partial charge >= 0.3 is 0 Å². The van der Waals surface area contributed by atoms with E-state index in [-0.39, 0.29) is 40.3 Å². The Bertz CT molecular complexity index is 877. The van der Waals surface area contributed by atoms with Gasteiger partial charge in [0.05, 0.1) is 23.9 Å². The van der Waals surface area contributed by atoms with Crippen molar-refractivity contribution in [1.29, 1.82) is 0 Å². The number of rotatable bonds is 5. The maximum atomic E-state index is 12.1. The van der Waals surface area contributed by atoms with Gasteiger partial charge in [0.25, 0.3) is 16.8 Å². The lowest BCUT2D eigenvalue weighted by atomic mass is 10.1. The van der Waals surface area contributed by atoms with E-state index in [2.05, 4.69) is 10.6 Å². The second kappa shape index (κ2) is 6.56. The molecule has 0 radical (unpaired) electrons. The molecule has 8 nitrogen and oxygen atoms in total. The standard InChI is InChI=1S/C17H19N3O5/c1-20(2)17(24)10-4-3-5-11(14(10)21)19-13-12(15(22)16(13)23)18-9-6-7-25-8-9/h3-5,9,18-19,21H,6-8H2,1-2H3. The van der Waals surface area contributed by atoms with E-state index in [4.69, 9.17) is 4.74 Å². The lowest BCUT2D eigenvalue weighted by Crippen LogP contribution is -2.39. The number of hydrogen-bond donors (Lipinski definition) is 3. The smallest absolute Gasteiger partial charge is 0.257 e. The third kappa shape index (κ3) is 3.08. The van der Waals surface area contributed by atoms with Crippen LogP contribution in [0.3, 0.4) is 0 Å². The van der Waals surface area contributed by atoms with Crippen LogP contribution >= 0.6 is 0 Å². The number of ether oxygens (including phenoxy) is 1. The van der Waals surface area contributed by atoms with Gasteiger partial charge in [-0.25, -0.2) is 0 Å². The van der Waals surface area contributed by atoms with Gasteiger partial charge in [0, 0.05) is 20.7 Å². The molecule has 3 rings (SSSR count). The Labute approximate surface area is 143 Å². The van der Waals surface area contributed by atoms with E-state index in [0.29, 0.717) is 13.2 Å². The minimum atomic E-state index is -0.662. The number of para-hydroxylation sites is 1. The molecule has 1 fully saturated rings. The summed E-state index contributed by atoms with van der Waals surface area (Å²) in [6.45, 7) is 1.07. The molecular formula is C17H19N3O5. The average Bonchev–Trinajstić information content (AvgIpc) is 3.11. The van der Waals surface area contributed by atoms with E-state index in [1.54, 1.807) is 20.2 Å². The quantitative estimate of drug-likeness (QED) is 0.539. The largest absolute Gasteiger partial charge is 0.505 e. The third-order valence-electron chi connectivity index (χ3n) is 4.12. The Balaban J connectivity index is 1.87. The predicted octanol–water partition coefficient (Wildman–Crippen LogP) is 0.634. The normalized spacial score (nSPS) is 16.8. The molecule has 0 bridgehead atoms. The van der Waals surface area contributed by atoms with Crippen LogP contribution in [0.1, 0.15) is 16.8 Å². The molecule has 0 aliphatic carbocycles. The predicted molar refractivity (Wildman–Crippen MR) is 93.6 cm³/mol. The number of anilines is 3. The molecule has 8 heteroatoms. The fraction of sp³-hybridized carbons (Fsp3) is 0.353. The number of nitrogens with zero attached hydrogens (tertiary/aromatic N) is 1. The maximum absolute atomic E-state index is 12.1. The van der Waals surface area contributed by atoms with Crippen LogP contribution in [0.5, 0.6) is 5.75 Å². The number of phenolic OH excluding ortho intramolecular Hbond substituents is 1. The summed E-state index contributed by atoms with van der Waals surface area (Å²) in [5.41, 5.74) is -0.705. The van der Waals surface area contributed by atoms with Crippen molar-refractivity contribution < 1.29 is 14.6 Å². The van der Waals surface area contributed by atoms with Crippen molar-refractivity contribution >= 4 is 23.0 Å². The molecule has 0 saturated carbocycles. The van der Waals surface area contributed by atoms with E-state index in [9.17, 15) is 19.5 Å². The number of phenols is 1. The highest BCUT2D eigenvalue weighted by atomic mass is 16.5. The topological polar surface area (TPSA) is 108 Å². The van der Waals surface area contributed by atoms with Crippen molar-refractivity contribution in [2.45, 2.75) is 12.5 Å². The SMILES string of the molecule is CN(C)C(=O)c1cccc(Nc2c(NC3CCOC3)c(=O)c2=O)c1O. The number of benzene rings is 1. The second-order valence-electron chi connectivity index (χ2n) is 6.14. The molecule has 1 aliphatic heterocycles. The first-order chi connectivity index (χ1) is 11.9. The van der Waals surface area contributed by atoms with Gasteiger partial charge in [-0.1, -0.05) is 6.07 Å². The van der Waals surface area contributed by atoms with E-state index in [1.807, 2.05) is 0 Å². The van der Waals surface area contributed by atoms with Gasteiger partial charge in [-0.2, -0.15) is 0 Å². The number of carbonyl (C=O) groups excluding carboxylic acids is 1. The van der Waals surface area contributed by atoms with Crippen LogP contribution in [-0.2, 0) is 4.74 Å². The molecule has 0 spiro atoms. The van der Waals surface area contributed by atoms with Gasteiger partial charge in [0.15, 0.2) is 5.75 Å². The van der Waals surface area contributed by atoms with E-state index >= 15 is 0 Å². The molecule has 2 aromatic rings. The Morgan fingerprint density at radius 2 is 1.96 bits per heavy atom. The highest BCUT2D eigenvalue weighted by Crippen LogP contribution is 2.32. The molecular weight excluding hydrogens is 326 g/mol. The van der Waals surface area contributed by atoms with Crippen LogP contribution in [0.15, 0.2) is 27.8 Å². The minimum absolute atomic E-state index is 0.0286. The molecule has 1 atom stereocenters. The molecule has 0 aromatic heterocycles. The maximum Gasteiger partial charge on any atom is 0.257 e. The van der Waals surface area contributed by atoms with Gasteiger partial charge in [0.1, 0.15) is 11.4 Å². The summed E-state index contributed by atoms with van der Waals surface area (Å²) in [7, 11) is 3.15. The lowest BCUT2D eigenvalue weighted by molar-refractivity contribution is 0.0824. The van der Waals surface area contributed by atoms with E-state index in [1.165, 1.54) is 17.0 Å². The zero-order valence-corrected chi connectivity index (χ0v) is 14.0. The summed E-state index contributed by atoms with van der Waals surface area (Å²) in [6.07, 6.45) is 0.746. The summed E-state index contributed by atoms with van der Waals surface area (Å²) >= 11 is 0. The first kappa shape index (κ1) is 17.0. The molecule has 1 aliphatic rings. The molecule has 132 valence electrons. The zero-order valence-electron chi connectivity index (χ0n) is 14.0. The fourth-order valence-corrected chi connectivity index (χ4v) is 2.69. The summed E-state index contributed by atoms with van der Waals surface area (Å²) < 4.78 is 5.24. The first-order valence-electron chi connectivity index (χ1n) is 7.88. The van der Waals surface area contributed by atoms with Crippen molar-refractivity contribution in [3.8, 4) is 5.75 Å². The second-order valence-corrected chi connectivity index (χ2v) is 6.14. The van der Waals surface area contributed by atoms with Crippen molar-refractivity contribution in [2.24, 2.45) is 0 Å². The highest BCUT2D eigenvalue weighted by Gasteiger charge is 2.26. The van der Waals surface area contributed by atoms with Crippen LogP contribution in [-0.4, -0.2) is 49.3 Å². The molecule has 1 amide bonds. The Morgan fingerprint density at radius 1 is 1.24 bits per heavy atom. The number of carbonyl (C=O) groups is 1. The van der Waals surface area contributed by atoms with Crippen molar-refractivity contribution in [3.63, 3.8) is 0 Å². The monoisotopic (exact) mass is 345 g/mol. The summed E-state index contributed by atoms with van der Waals surface area (Å²) in [6, 6.07) is 4.57. The number of amides is 1. The average molecular weight is 345 g/mol. The van der Waals surface area contributed by atoms with Gasteiger partial charge in [-0.3, -0.25) is 14.4 Å². The fourth-order valence-electron chi connectivity index (χ4n) is 2.69. The Morgan fingerprint density at radius 3 is 2.60 bits per heavy atom. The van der Waals surface area contributed by atoms with Crippen LogP contribution in [0.2, 0.25) is 0 Å².